The molecule has 0 saturated heterocycles. The predicted octanol–water partition coefficient (Wildman–Crippen LogP) is 1.74. The van der Waals surface area contributed by atoms with Crippen molar-refractivity contribution in [3.8, 4) is 0 Å². The summed E-state index contributed by atoms with van der Waals surface area (Å²) in [5, 5.41) is 3.90. The number of nitrogens with one attached hydrogen (secondary N) is 1. The molecule has 1 amide bonds. The lowest BCUT2D eigenvalue weighted by Crippen LogP contribution is -2.19. The summed E-state index contributed by atoms with van der Waals surface area (Å²) in [7, 11) is 0. The second-order valence-corrected chi connectivity index (χ2v) is 3.75. The van der Waals surface area contributed by atoms with E-state index in [1.807, 2.05) is 30.3 Å². The summed E-state index contributed by atoms with van der Waals surface area (Å²) in [6.45, 7) is 0. The van der Waals surface area contributed by atoms with Gasteiger partial charge in [0.1, 0.15) is 0 Å². The van der Waals surface area contributed by atoms with E-state index in [0.29, 0.717) is 0 Å². The highest BCUT2D eigenvalue weighted by atomic mass is 16.2. The van der Waals surface area contributed by atoms with Crippen molar-refractivity contribution in [1.29, 1.82) is 0 Å². The summed E-state index contributed by atoms with van der Waals surface area (Å²) in [6, 6.07) is 10.0. The molecule has 1 aromatic carbocycles. The van der Waals surface area contributed by atoms with Gasteiger partial charge in [-0.25, -0.2) is 5.43 Å². The summed E-state index contributed by atoms with van der Waals surface area (Å²) in [5.74, 6) is 0.276. The fourth-order valence-electron chi connectivity index (χ4n) is 1.31. The molecule has 1 aliphatic carbocycles. The lowest BCUT2D eigenvalue weighted by molar-refractivity contribution is -0.122. The van der Waals surface area contributed by atoms with Crippen LogP contribution in [0.25, 0.3) is 0 Å². The van der Waals surface area contributed by atoms with Crippen molar-refractivity contribution in [2.45, 2.75) is 19.3 Å². The first kappa shape index (κ1) is 9.90. The SMILES string of the molecule is O=C(NN=CCc1ccccc1)C1CC1. The summed E-state index contributed by atoms with van der Waals surface area (Å²) in [5.41, 5.74) is 3.74. The molecule has 1 N–H and O–H groups in total. The topological polar surface area (TPSA) is 41.5 Å². The molecule has 0 radical (unpaired) electrons. The van der Waals surface area contributed by atoms with Crippen molar-refractivity contribution in [3.05, 3.63) is 35.9 Å². The maximum atomic E-state index is 11.2. The molecule has 1 fully saturated rings. The smallest absolute Gasteiger partial charge is 0.243 e. The number of nitrogens with zero attached hydrogens (tertiary/aromatic N) is 1. The Morgan fingerprint density at radius 2 is 2.13 bits per heavy atom. The average Bonchev–Trinajstić information content (AvgIpc) is 3.09. The van der Waals surface area contributed by atoms with E-state index >= 15 is 0 Å². The predicted molar refractivity (Wildman–Crippen MR) is 59.5 cm³/mol. The third-order valence-electron chi connectivity index (χ3n) is 2.38. The van der Waals surface area contributed by atoms with Crippen LogP contribution in [0.5, 0.6) is 0 Å². The highest BCUT2D eigenvalue weighted by Gasteiger charge is 2.29. The minimum absolute atomic E-state index is 0.0549. The van der Waals surface area contributed by atoms with Gasteiger partial charge in [-0.3, -0.25) is 4.79 Å². The van der Waals surface area contributed by atoms with Gasteiger partial charge in [0.25, 0.3) is 0 Å². The van der Waals surface area contributed by atoms with Gasteiger partial charge in [-0.15, -0.1) is 0 Å². The Morgan fingerprint density at radius 3 is 2.80 bits per heavy atom. The van der Waals surface area contributed by atoms with Gasteiger partial charge in [-0.1, -0.05) is 30.3 Å². The number of carbonyl (C=O) groups excluding carboxylic acids is 1. The van der Waals surface area contributed by atoms with E-state index < -0.39 is 0 Å². The van der Waals surface area contributed by atoms with Crippen molar-refractivity contribution in [3.63, 3.8) is 0 Å². The molecular weight excluding hydrogens is 188 g/mol. The summed E-state index contributed by atoms with van der Waals surface area (Å²) < 4.78 is 0. The van der Waals surface area contributed by atoms with E-state index in [0.717, 1.165) is 19.3 Å². The van der Waals surface area contributed by atoms with Crippen LogP contribution < -0.4 is 5.43 Å². The molecule has 2 rings (SSSR count). The van der Waals surface area contributed by atoms with Crippen molar-refractivity contribution in [2.75, 3.05) is 0 Å². The fraction of sp³-hybridized carbons (Fsp3) is 0.333. The average molecular weight is 202 g/mol. The number of benzene rings is 1. The zero-order valence-corrected chi connectivity index (χ0v) is 8.52. The third-order valence-corrected chi connectivity index (χ3v) is 2.38. The van der Waals surface area contributed by atoms with Gasteiger partial charge in [-0.2, -0.15) is 5.10 Å². The molecule has 0 aromatic heterocycles. The Bertz CT molecular complexity index is 355. The zero-order chi connectivity index (χ0) is 10.5. The van der Waals surface area contributed by atoms with Crippen LogP contribution in [0, 0.1) is 5.92 Å². The van der Waals surface area contributed by atoms with Crippen LogP contribution in [0.15, 0.2) is 35.4 Å². The molecule has 15 heavy (non-hydrogen) atoms. The number of rotatable bonds is 4. The van der Waals surface area contributed by atoms with Gasteiger partial charge in [0, 0.05) is 18.6 Å². The van der Waals surface area contributed by atoms with Crippen LogP contribution in [0.4, 0.5) is 0 Å². The van der Waals surface area contributed by atoms with Crippen LogP contribution >= 0.6 is 0 Å². The lowest BCUT2D eigenvalue weighted by Gasteiger charge is -1.96. The second kappa shape index (κ2) is 4.73. The van der Waals surface area contributed by atoms with Gasteiger partial charge in [0.15, 0.2) is 0 Å². The Morgan fingerprint density at radius 1 is 1.40 bits per heavy atom. The van der Waals surface area contributed by atoms with Crippen LogP contribution in [-0.2, 0) is 11.2 Å². The van der Waals surface area contributed by atoms with Gasteiger partial charge in [-0.05, 0) is 18.4 Å². The lowest BCUT2D eigenvalue weighted by atomic mass is 10.2. The highest BCUT2D eigenvalue weighted by Crippen LogP contribution is 2.28. The molecule has 0 spiro atoms. The van der Waals surface area contributed by atoms with Gasteiger partial charge >= 0.3 is 0 Å². The van der Waals surface area contributed by atoms with Crippen molar-refractivity contribution >= 4 is 12.1 Å². The largest absolute Gasteiger partial charge is 0.273 e. The van der Waals surface area contributed by atoms with E-state index in [9.17, 15) is 4.79 Å². The normalized spacial score (nSPS) is 15.5. The molecule has 0 atom stereocenters. The Balaban J connectivity index is 1.73. The van der Waals surface area contributed by atoms with Crippen LogP contribution in [0.3, 0.4) is 0 Å². The standard InChI is InChI=1S/C12H14N2O/c15-12(11-6-7-11)14-13-9-8-10-4-2-1-3-5-10/h1-5,9,11H,6-8H2,(H,14,15). The molecule has 1 saturated carbocycles. The van der Waals surface area contributed by atoms with E-state index in [-0.39, 0.29) is 11.8 Å². The summed E-state index contributed by atoms with van der Waals surface area (Å²) in [6.07, 6.45) is 4.52. The number of hydrazone groups is 1. The second-order valence-electron chi connectivity index (χ2n) is 3.75. The van der Waals surface area contributed by atoms with Gasteiger partial charge in [0.2, 0.25) is 5.91 Å². The Kier molecular flexibility index (Phi) is 3.12. The van der Waals surface area contributed by atoms with E-state index in [2.05, 4.69) is 10.5 Å². The first-order valence-corrected chi connectivity index (χ1v) is 5.21. The number of hydrogen-bond donors (Lipinski definition) is 1. The van der Waals surface area contributed by atoms with Crippen LogP contribution in [0.2, 0.25) is 0 Å². The maximum absolute atomic E-state index is 11.2. The van der Waals surface area contributed by atoms with Gasteiger partial charge < -0.3 is 0 Å². The monoisotopic (exact) mass is 202 g/mol. The number of carbonyl (C=O) groups is 1. The summed E-state index contributed by atoms with van der Waals surface area (Å²) in [4.78, 5) is 11.2. The van der Waals surface area contributed by atoms with E-state index in [4.69, 9.17) is 0 Å². The quantitative estimate of drug-likeness (QED) is 0.586. The first-order valence-electron chi connectivity index (χ1n) is 5.21. The fourth-order valence-corrected chi connectivity index (χ4v) is 1.31. The Labute approximate surface area is 89.2 Å². The van der Waals surface area contributed by atoms with Gasteiger partial charge in [0.05, 0.1) is 0 Å². The Hall–Kier alpha value is -1.64. The minimum atomic E-state index is 0.0549. The van der Waals surface area contributed by atoms with E-state index in [1.165, 1.54) is 5.56 Å². The highest BCUT2D eigenvalue weighted by molar-refractivity contribution is 5.81. The number of hydrogen-bond acceptors (Lipinski definition) is 2. The van der Waals surface area contributed by atoms with Crippen LogP contribution in [-0.4, -0.2) is 12.1 Å². The molecule has 3 heteroatoms. The van der Waals surface area contributed by atoms with Crippen LogP contribution in [0.1, 0.15) is 18.4 Å². The molecule has 3 nitrogen and oxygen atoms in total. The molecule has 0 aliphatic heterocycles. The van der Waals surface area contributed by atoms with Crippen molar-refractivity contribution in [1.82, 2.24) is 5.43 Å². The maximum Gasteiger partial charge on any atom is 0.243 e. The molecule has 78 valence electrons. The van der Waals surface area contributed by atoms with Crippen molar-refractivity contribution < 1.29 is 4.79 Å². The molecule has 1 aromatic rings. The molecular formula is C12H14N2O. The first-order chi connectivity index (χ1) is 7.36. The molecule has 0 bridgehead atoms. The minimum Gasteiger partial charge on any atom is -0.273 e. The number of amides is 1. The summed E-state index contributed by atoms with van der Waals surface area (Å²) >= 11 is 0. The molecule has 1 aliphatic rings. The van der Waals surface area contributed by atoms with Crippen molar-refractivity contribution in [2.24, 2.45) is 11.0 Å². The van der Waals surface area contributed by atoms with E-state index in [1.54, 1.807) is 6.21 Å². The molecule has 0 heterocycles. The molecule has 0 unspecified atom stereocenters. The third kappa shape index (κ3) is 3.20. The zero-order valence-electron chi connectivity index (χ0n) is 8.52.